The molecule has 0 radical (unpaired) electrons. The quantitative estimate of drug-likeness (QED) is 0.680. The number of halogens is 1. The molecular formula is C10H13IN2O. The van der Waals surface area contributed by atoms with Gasteiger partial charge in [-0.05, 0) is 54.6 Å². The van der Waals surface area contributed by atoms with Crippen LogP contribution in [0.4, 0.5) is 0 Å². The van der Waals surface area contributed by atoms with Crippen molar-refractivity contribution in [3.05, 3.63) is 22.0 Å². The zero-order chi connectivity index (χ0) is 10.0. The smallest absolute Gasteiger partial charge is 0.137 e. The van der Waals surface area contributed by atoms with Gasteiger partial charge in [0, 0.05) is 0 Å². The van der Waals surface area contributed by atoms with Crippen LogP contribution < -0.4 is 10.1 Å². The molecule has 0 atom stereocenters. The maximum atomic E-state index is 5.65. The summed E-state index contributed by atoms with van der Waals surface area (Å²) >= 11 is 2.18. The van der Waals surface area contributed by atoms with Crippen LogP contribution in [0.25, 0.3) is 0 Å². The lowest BCUT2D eigenvalue weighted by Gasteiger charge is -2.14. The van der Waals surface area contributed by atoms with Crippen molar-refractivity contribution in [1.82, 2.24) is 10.3 Å². The molecule has 0 amide bonds. The van der Waals surface area contributed by atoms with Crippen LogP contribution in [0.5, 0.6) is 5.75 Å². The number of rotatable bonds is 4. The van der Waals surface area contributed by atoms with Gasteiger partial charge in [-0.1, -0.05) is 0 Å². The van der Waals surface area contributed by atoms with Crippen LogP contribution >= 0.6 is 22.6 Å². The minimum absolute atomic E-state index is 0.239. The maximum absolute atomic E-state index is 5.65. The summed E-state index contributed by atoms with van der Waals surface area (Å²) in [6, 6.07) is 3.91. The van der Waals surface area contributed by atoms with E-state index in [1.807, 2.05) is 19.2 Å². The number of hydrogen-bond donors (Lipinski definition) is 1. The highest BCUT2D eigenvalue weighted by Gasteiger charge is 2.41. The van der Waals surface area contributed by atoms with E-state index >= 15 is 0 Å². The summed E-state index contributed by atoms with van der Waals surface area (Å²) in [5.74, 6) is 0.854. The third-order valence-corrected chi connectivity index (χ3v) is 3.24. The van der Waals surface area contributed by atoms with Gasteiger partial charge in [0.25, 0.3) is 0 Å². The molecular weight excluding hydrogens is 291 g/mol. The van der Waals surface area contributed by atoms with E-state index < -0.39 is 0 Å². The molecule has 1 fully saturated rings. The van der Waals surface area contributed by atoms with Crippen molar-refractivity contribution in [2.24, 2.45) is 0 Å². The van der Waals surface area contributed by atoms with Crippen LogP contribution in [-0.2, 0) is 0 Å². The highest BCUT2D eigenvalue weighted by atomic mass is 127. The van der Waals surface area contributed by atoms with Crippen molar-refractivity contribution in [3.8, 4) is 5.75 Å². The Hall–Kier alpha value is -0.360. The summed E-state index contributed by atoms with van der Waals surface area (Å²) in [4.78, 5) is 4.17. The average Bonchev–Trinajstić information content (AvgIpc) is 2.98. The first-order valence-electron chi connectivity index (χ1n) is 4.67. The molecule has 0 saturated heterocycles. The van der Waals surface area contributed by atoms with Crippen molar-refractivity contribution < 1.29 is 4.74 Å². The van der Waals surface area contributed by atoms with Gasteiger partial charge in [0.2, 0.25) is 0 Å². The van der Waals surface area contributed by atoms with E-state index in [2.05, 4.69) is 32.9 Å². The number of likely N-dealkylation sites (N-methyl/N-ethyl adjacent to an activating group) is 1. The van der Waals surface area contributed by atoms with Crippen LogP contribution in [0, 0.1) is 3.70 Å². The van der Waals surface area contributed by atoms with Crippen molar-refractivity contribution in [2.45, 2.75) is 18.4 Å². The highest BCUT2D eigenvalue weighted by Crippen LogP contribution is 2.35. The second kappa shape index (κ2) is 4.02. The van der Waals surface area contributed by atoms with Gasteiger partial charge in [0.15, 0.2) is 0 Å². The van der Waals surface area contributed by atoms with Crippen LogP contribution in [0.15, 0.2) is 18.3 Å². The Morgan fingerprint density at radius 2 is 2.36 bits per heavy atom. The largest absolute Gasteiger partial charge is 0.490 e. The Labute approximate surface area is 97.4 Å². The first-order chi connectivity index (χ1) is 6.74. The summed E-state index contributed by atoms with van der Waals surface area (Å²) in [5, 5.41) is 3.29. The van der Waals surface area contributed by atoms with E-state index in [1.165, 1.54) is 12.8 Å². The van der Waals surface area contributed by atoms with E-state index in [9.17, 15) is 0 Å². The molecule has 76 valence electrons. The SMILES string of the molecule is CNC1(COc2ccc(I)nc2)CC1. The molecule has 0 aromatic carbocycles. The summed E-state index contributed by atoms with van der Waals surface area (Å²) in [5.41, 5.74) is 0.239. The maximum Gasteiger partial charge on any atom is 0.137 e. The minimum Gasteiger partial charge on any atom is -0.490 e. The highest BCUT2D eigenvalue weighted by molar-refractivity contribution is 14.1. The first-order valence-corrected chi connectivity index (χ1v) is 5.75. The molecule has 1 aromatic heterocycles. The van der Waals surface area contributed by atoms with Crippen LogP contribution in [0.2, 0.25) is 0 Å². The molecule has 0 spiro atoms. The first kappa shape index (κ1) is 10.2. The third-order valence-electron chi connectivity index (χ3n) is 2.60. The molecule has 3 nitrogen and oxygen atoms in total. The van der Waals surface area contributed by atoms with Gasteiger partial charge in [0.05, 0.1) is 11.7 Å². The molecule has 0 aliphatic heterocycles. The fraction of sp³-hybridized carbons (Fsp3) is 0.500. The number of nitrogens with one attached hydrogen (secondary N) is 1. The second-order valence-corrected chi connectivity index (χ2v) is 4.74. The van der Waals surface area contributed by atoms with Gasteiger partial charge in [0.1, 0.15) is 16.1 Å². The molecule has 2 rings (SSSR count). The Morgan fingerprint density at radius 1 is 1.57 bits per heavy atom. The molecule has 0 unspecified atom stereocenters. The zero-order valence-corrected chi connectivity index (χ0v) is 10.2. The average molecular weight is 304 g/mol. The molecule has 4 heteroatoms. The van der Waals surface area contributed by atoms with Crippen molar-refractivity contribution in [1.29, 1.82) is 0 Å². The van der Waals surface area contributed by atoms with Gasteiger partial charge in [-0.15, -0.1) is 0 Å². The third kappa shape index (κ3) is 2.36. The number of aromatic nitrogens is 1. The van der Waals surface area contributed by atoms with Crippen molar-refractivity contribution in [2.75, 3.05) is 13.7 Å². The van der Waals surface area contributed by atoms with E-state index in [0.717, 1.165) is 16.1 Å². The van der Waals surface area contributed by atoms with Gasteiger partial charge < -0.3 is 10.1 Å². The van der Waals surface area contributed by atoms with Crippen LogP contribution in [-0.4, -0.2) is 24.2 Å². The fourth-order valence-electron chi connectivity index (χ4n) is 1.29. The lowest BCUT2D eigenvalue weighted by Crippen LogP contribution is -2.33. The number of ether oxygens (including phenoxy) is 1. The van der Waals surface area contributed by atoms with E-state index in [1.54, 1.807) is 6.20 Å². The second-order valence-electron chi connectivity index (χ2n) is 3.64. The molecule has 1 saturated carbocycles. The van der Waals surface area contributed by atoms with Crippen LogP contribution in [0.3, 0.4) is 0 Å². The van der Waals surface area contributed by atoms with Gasteiger partial charge in [-0.25, -0.2) is 4.98 Å². The molecule has 1 aromatic rings. The number of nitrogens with zero attached hydrogens (tertiary/aromatic N) is 1. The number of hydrogen-bond acceptors (Lipinski definition) is 3. The minimum atomic E-state index is 0.239. The normalized spacial score (nSPS) is 17.9. The monoisotopic (exact) mass is 304 g/mol. The van der Waals surface area contributed by atoms with Gasteiger partial charge >= 0.3 is 0 Å². The van der Waals surface area contributed by atoms with E-state index in [-0.39, 0.29) is 5.54 Å². The molecule has 0 bridgehead atoms. The molecule has 1 aliphatic carbocycles. The summed E-state index contributed by atoms with van der Waals surface area (Å²) in [6.45, 7) is 0.742. The standard InChI is InChI=1S/C10H13IN2O/c1-12-10(4-5-10)7-14-8-2-3-9(11)13-6-8/h2-3,6,12H,4-5,7H2,1H3. The zero-order valence-electron chi connectivity index (χ0n) is 8.09. The molecule has 1 heterocycles. The van der Waals surface area contributed by atoms with E-state index in [0.29, 0.717) is 0 Å². The molecule has 1 aliphatic rings. The van der Waals surface area contributed by atoms with Crippen molar-refractivity contribution in [3.63, 3.8) is 0 Å². The lowest BCUT2D eigenvalue weighted by molar-refractivity contribution is 0.258. The summed E-state index contributed by atoms with van der Waals surface area (Å²) < 4.78 is 6.64. The lowest BCUT2D eigenvalue weighted by atomic mass is 10.3. The van der Waals surface area contributed by atoms with Gasteiger partial charge in [-0.2, -0.15) is 0 Å². The Balaban J connectivity index is 1.89. The Bertz CT molecular complexity index is 308. The number of pyridine rings is 1. The van der Waals surface area contributed by atoms with Crippen molar-refractivity contribution >= 4 is 22.6 Å². The molecule has 14 heavy (non-hydrogen) atoms. The summed E-state index contributed by atoms with van der Waals surface area (Å²) in [6.07, 6.45) is 4.19. The molecule has 1 N–H and O–H groups in total. The predicted molar refractivity (Wildman–Crippen MR) is 63.5 cm³/mol. The Kier molecular flexibility index (Phi) is 2.92. The topological polar surface area (TPSA) is 34.1 Å². The van der Waals surface area contributed by atoms with E-state index in [4.69, 9.17) is 4.74 Å². The van der Waals surface area contributed by atoms with Crippen LogP contribution in [0.1, 0.15) is 12.8 Å². The fourth-order valence-corrected chi connectivity index (χ4v) is 1.61. The summed E-state index contributed by atoms with van der Waals surface area (Å²) in [7, 11) is 1.99. The predicted octanol–water partition coefficient (Wildman–Crippen LogP) is 1.82. The Morgan fingerprint density at radius 3 is 2.86 bits per heavy atom. The van der Waals surface area contributed by atoms with Gasteiger partial charge in [-0.3, -0.25) is 0 Å².